The predicted octanol–water partition coefficient (Wildman–Crippen LogP) is 18.2. The van der Waals surface area contributed by atoms with Crippen molar-refractivity contribution in [3.05, 3.63) is 242 Å². The van der Waals surface area contributed by atoms with Crippen LogP contribution in [-0.4, -0.2) is 0 Å². The van der Waals surface area contributed by atoms with E-state index in [1.165, 1.54) is 44.5 Å². The Morgan fingerprint density at radius 2 is 0.844 bits per heavy atom. The first-order chi connectivity index (χ1) is 31.7. The van der Waals surface area contributed by atoms with Crippen LogP contribution < -0.4 is 4.90 Å². The number of allylic oxidation sites excluding steroid dienone is 4. The van der Waals surface area contributed by atoms with Gasteiger partial charge in [0, 0.05) is 33.3 Å². The fourth-order valence-electron chi connectivity index (χ4n) is 8.93. The zero-order valence-corrected chi connectivity index (χ0v) is 36.3. The van der Waals surface area contributed by atoms with Crippen LogP contribution in [-0.2, 0) is 0 Å². The lowest BCUT2D eigenvalue weighted by Crippen LogP contribution is -2.11. The Morgan fingerprint density at radius 3 is 1.38 bits per heavy atom. The standard InChI is InChI=1S/C60H43NO.C2H6/c1-5-15-42(16-6-1)45-25-27-46(28-26-45)48-31-36-53(37-32-48)61(52-34-29-47(30-35-52)43-17-7-2-8-18-43)58-41-50(44-19-9-3-10-20-44)33-38-54(58)51-39-56(49-21-11-4-12-22-49)60-57(40-51)55-23-13-14-24-59(55)62-60;1-2/h1-3,5-11,13-41H,4,12H2;1-2H3. The SMILES string of the molecule is C1=CC(c2cc(-c3ccc(-c4ccccc4)cc3N(c3ccc(-c4ccccc4)cc3)c3ccc(-c4ccc(-c5ccccc5)cc4)cc3)cc3c2oc2ccccc23)=CCC1.CC. The molecule has 308 valence electrons. The maximum atomic E-state index is 6.66. The highest BCUT2D eigenvalue weighted by molar-refractivity contribution is 6.11. The number of fused-ring (bicyclic) bond motifs is 3. The Bertz CT molecular complexity index is 3230. The number of hydrogen-bond acceptors (Lipinski definition) is 2. The Labute approximate surface area is 376 Å². The zero-order chi connectivity index (χ0) is 43.2. The van der Waals surface area contributed by atoms with E-state index in [1.807, 2.05) is 13.8 Å². The molecule has 11 rings (SSSR count). The molecular formula is C62H49NO. The van der Waals surface area contributed by atoms with Crippen molar-refractivity contribution in [3.63, 3.8) is 0 Å². The monoisotopic (exact) mass is 823 g/mol. The number of benzene rings is 9. The van der Waals surface area contributed by atoms with Crippen LogP contribution in [0.5, 0.6) is 0 Å². The molecule has 10 aromatic rings. The summed E-state index contributed by atoms with van der Waals surface area (Å²) in [4.78, 5) is 2.43. The van der Waals surface area contributed by atoms with Gasteiger partial charge >= 0.3 is 0 Å². The highest BCUT2D eigenvalue weighted by Gasteiger charge is 2.22. The van der Waals surface area contributed by atoms with Crippen molar-refractivity contribution in [2.45, 2.75) is 26.7 Å². The molecule has 0 saturated carbocycles. The van der Waals surface area contributed by atoms with Crippen molar-refractivity contribution in [3.8, 4) is 55.6 Å². The summed E-state index contributed by atoms with van der Waals surface area (Å²) in [5.74, 6) is 0. The van der Waals surface area contributed by atoms with Crippen LogP contribution in [0.4, 0.5) is 17.1 Å². The molecule has 0 aliphatic heterocycles. The third-order valence-corrected chi connectivity index (χ3v) is 12.1. The van der Waals surface area contributed by atoms with Crippen molar-refractivity contribution >= 4 is 44.6 Å². The van der Waals surface area contributed by atoms with Crippen molar-refractivity contribution < 1.29 is 4.42 Å². The van der Waals surface area contributed by atoms with Crippen LogP contribution in [0.3, 0.4) is 0 Å². The predicted molar refractivity (Wildman–Crippen MR) is 273 cm³/mol. The second kappa shape index (κ2) is 18.2. The normalized spacial score (nSPS) is 12.1. The highest BCUT2D eigenvalue weighted by Crippen LogP contribution is 2.46. The van der Waals surface area contributed by atoms with Crippen LogP contribution in [0.15, 0.2) is 241 Å². The van der Waals surface area contributed by atoms with Gasteiger partial charge in [0.05, 0.1) is 5.69 Å². The minimum absolute atomic E-state index is 0.899. The maximum Gasteiger partial charge on any atom is 0.143 e. The molecule has 0 spiro atoms. The summed E-state index contributed by atoms with van der Waals surface area (Å²) in [6, 6.07) is 78.8. The molecule has 2 nitrogen and oxygen atoms in total. The van der Waals surface area contributed by atoms with Gasteiger partial charge in [-0.25, -0.2) is 0 Å². The molecule has 1 aromatic heterocycles. The molecule has 1 heterocycles. The van der Waals surface area contributed by atoms with Crippen LogP contribution in [0.1, 0.15) is 32.3 Å². The number of hydrogen-bond donors (Lipinski definition) is 0. The number of para-hydroxylation sites is 1. The lowest BCUT2D eigenvalue weighted by molar-refractivity contribution is 0.668. The maximum absolute atomic E-state index is 6.66. The first-order valence-electron chi connectivity index (χ1n) is 22.5. The molecule has 64 heavy (non-hydrogen) atoms. The fourth-order valence-corrected chi connectivity index (χ4v) is 8.93. The van der Waals surface area contributed by atoms with Crippen LogP contribution in [0.25, 0.3) is 83.1 Å². The van der Waals surface area contributed by atoms with Crippen LogP contribution >= 0.6 is 0 Å². The summed E-state index contributed by atoms with van der Waals surface area (Å²) >= 11 is 0. The second-order valence-corrected chi connectivity index (χ2v) is 16.0. The smallest absolute Gasteiger partial charge is 0.143 e. The molecule has 0 fully saturated rings. The lowest BCUT2D eigenvalue weighted by Gasteiger charge is -2.29. The number of furan rings is 1. The summed E-state index contributed by atoms with van der Waals surface area (Å²) in [5, 5.41) is 2.24. The summed E-state index contributed by atoms with van der Waals surface area (Å²) in [6.07, 6.45) is 8.94. The summed E-state index contributed by atoms with van der Waals surface area (Å²) in [7, 11) is 0. The van der Waals surface area contributed by atoms with E-state index in [2.05, 4.69) is 242 Å². The van der Waals surface area contributed by atoms with Gasteiger partial charge in [-0.3, -0.25) is 0 Å². The number of anilines is 3. The molecule has 2 heteroatoms. The molecule has 0 radical (unpaired) electrons. The van der Waals surface area contributed by atoms with E-state index in [9.17, 15) is 0 Å². The van der Waals surface area contributed by atoms with Gasteiger partial charge in [-0.05, 0) is 117 Å². The second-order valence-electron chi connectivity index (χ2n) is 16.0. The van der Waals surface area contributed by atoms with Crippen molar-refractivity contribution in [1.82, 2.24) is 0 Å². The van der Waals surface area contributed by atoms with Gasteiger partial charge in [-0.2, -0.15) is 0 Å². The summed E-state index contributed by atoms with van der Waals surface area (Å²) in [6.45, 7) is 4.00. The van der Waals surface area contributed by atoms with E-state index in [0.717, 1.165) is 74.1 Å². The van der Waals surface area contributed by atoms with Gasteiger partial charge < -0.3 is 9.32 Å². The van der Waals surface area contributed by atoms with Crippen molar-refractivity contribution in [2.75, 3.05) is 4.90 Å². The molecule has 0 unspecified atom stereocenters. The first kappa shape index (κ1) is 40.2. The minimum Gasteiger partial charge on any atom is -0.455 e. The first-order valence-corrected chi connectivity index (χ1v) is 22.5. The van der Waals surface area contributed by atoms with E-state index in [0.29, 0.717) is 0 Å². The Morgan fingerprint density at radius 1 is 0.375 bits per heavy atom. The topological polar surface area (TPSA) is 16.4 Å². The van der Waals surface area contributed by atoms with Gasteiger partial charge in [0.2, 0.25) is 0 Å². The average molecular weight is 824 g/mol. The summed E-state index contributed by atoms with van der Waals surface area (Å²) in [5.41, 5.74) is 19.1. The van der Waals surface area contributed by atoms with Gasteiger partial charge in [-0.15, -0.1) is 0 Å². The zero-order valence-electron chi connectivity index (χ0n) is 36.3. The van der Waals surface area contributed by atoms with Gasteiger partial charge in [0.25, 0.3) is 0 Å². The average Bonchev–Trinajstić information content (AvgIpc) is 3.77. The number of rotatable bonds is 9. The van der Waals surface area contributed by atoms with E-state index < -0.39 is 0 Å². The molecular weight excluding hydrogens is 775 g/mol. The third kappa shape index (κ3) is 7.98. The van der Waals surface area contributed by atoms with Gasteiger partial charge in [-0.1, -0.05) is 202 Å². The molecule has 9 aromatic carbocycles. The minimum atomic E-state index is 0.899. The lowest BCUT2D eigenvalue weighted by atomic mass is 9.91. The van der Waals surface area contributed by atoms with Crippen LogP contribution in [0.2, 0.25) is 0 Å². The van der Waals surface area contributed by atoms with Crippen LogP contribution in [0, 0.1) is 0 Å². The quantitative estimate of drug-likeness (QED) is 0.144. The van der Waals surface area contributed by atoms with E-state index >= 15 is 0 Å². The van der Waals surface area contributed by atoms with Crippen molar-refractivity contribution in [1.29, 1.82) is 0 Å². The fraction of sp³-hybridized carbons (Fsp3) is 0.0645. The Hall–Kier alpha value is -7.94. The van der Waals surface area contributed by atoms with E-state index in [1.54, 1.807) is 0 Å². The van der Waals surface area contributed by atoms with Crippen molar-refractivity contribution in [2.24, 2.45) is 0 Å². The molecule has 1 aliphatic rings. The molecule has 0 N–H and O–H groups in total. The molecule has 0 bridgehead atoms. The highest BCUT2D eigenvalue weighted by atomic mass is 16.3. The Balaban J connectivity index is 0.00000239. The number of nitrogens with zero attached hydrogens (tertiary/aromatic N) is 1. The molecule has 0 amide bonds. The third-order valence-electron chi connectivity index (χ3n) is 12.1. The van der Waals surface area contributed by atoms with E-state index in [4.69, 9.17) is 4.42 Å². The Kier molecular flexibility index (Phi) is 11.4. The molecule has 1 aliphatic carbocycles. The van der Waals surface area contributed by atoms with Gasteiger partial charge in [0.1, 0.15) is 11.2 Å². The molecule has 0 saturated heterocycles. The summed E-state index contributed by atoms with van der Waals surface area (Å²) < 4.78 is 6.66. The largest absolute Gasteiger partial charge is 0.455 e. The van der Waals surface area contributed by atoms with Gasteiger partial charge in [0.15, 0.2) is 0 Å². The van der Waals surface area contributed by atoms with E-state index in [-0.39, 0.29) is 0 Å². The molecule has 0 atom stereocenters.